The van der Waals surface area contributed by atoms with Gasteiger partial charge in [0.25, 0.3) is 0 Å². The first-order valence-electron chi connectivity index (χ1n) is 8.37. The minimum Gasteiger partial charge on any atom is -0.394 e. The minimum absolute atomic E-state index is 0.371. The third kappa shape index (κ3) is 2.91. The van der Waals surface area contributed by atoms with E-state index in [1.54, 1.807) is 4.57 Å². The number of aliphatic hydroxyl groups is 3. The van der Waals surface area contributed by atoms with Gasteiger partial charge in [-0.2, -0.15) is 0 Å². The molecule has 1 aliphatic heterocycles. The molecule has 1 aliphatic carbocycles. The maximum Gasteiger partial charge on any atom is 0.181 e. The number of rotatable bonds is 4. The Morgan fingerprint density at radius 3 is 2.68 bits per heavy atom. The molecule has 0 radical (unpaired) electrons. The van der Waals surface area contributed by atoms with E-state index in [-0.39, 0.29) is 6.61 Å². The second-order valence-corrected chi connectivity index (χ2v) is 7.21. The molecular weight excluding hydrogens is 394 g/mol. The molecule has 2 fully saturated rings. The van der Waals surface area contributed by atoms with Crippen LogP contribution in [-0.2, 0) is 4.74 Å². The van der Waals surface area contributed by atoms with E-state index in [4.69, 9.17) is 4.74 Å². The number of hydrogen-bond donors (Lipinski definition) is 4. The lowest BCUT2D eigenvalue weighted by Crippen LogP contribution is -2.33. The van der Waals surface area contributed by atoms with Crippen molar-refractivity contribution in [3.8, 4) is 0 Å². The van der Waals surface area contributed by atoms with Crippen LogP contribution in [0.4, 0.5) is 5.82 Å². The van der Waals surface area contributed by atoms with Gasteiger partial charge in [0.1, 0.15) is 24.6 Å². The molecule has 10 heteroatoms. The first-order chi connectivity index (χ1) is 12.1. The van der Waals surface area contributed by atoms with Crippen molar-refractivity contribution >= 4 is 32.9 Å². The lowest BCUT2D eigenvalue weighted by atomic mass is 10.1. The molecule has 0 amide bonds. The fourth-order valence-electron chi connectivity index (χ4n) is 3.57. The monoisotopic (exact) mass is 413 g/mol. The maximum absolute atomic E-state index is 10.3. The zero-order valence-electron chi connectivity index (χ0n) is 13.4. The van der Waals surface area contributed by atoms with Crippen molar-refractivity contribution in [3.63, 3.8) is 0 Å². The first kappa shape index (κ1) is 17.1. The highest BCUT2D eigenvalue weighted by Crippen LogP contribution is 2.35. The number of anilines is 1. The minimum atomic E-state index is -1.20. The second-order valence-electron chi connectivity index (χ2n) is 6.50. The number of nitrogens with one attached hydrogen (secondary N) is 1. The van der Waals surface area contributed by atoms with E-state index in [0.29, 0.717) is 27.8 Å². The summed E-state index contributed by atoms with van der Waals surface area (Å²) in [6, 6.07) is 0.371. The van der Waals surface area contributed by atoms with E-state index in [1.165, 1.54) is 19.2 Å². The highest BCUT2D eigenvalue weighted by molar-refractivity contribution is 9.10. The number of hydrogen-bond acceptors (Lipinski definition) is 8. The standard InChI is InChI=1S/C15H20BrN5O4/c16-15-20-9-12(19-7-3-1-2-4-7)17-6-18-13(9)21(15)14-11(24)10(23)8(5-22)25-14/h6-8,10-11,14,22-24H,1-5H2,(H,17,18,19)/t8-,10-,11-,14-/m1/s1. The summed E-state index contributed by atoms with van der Waals surface area (Å²) in [5, 5.41) is 33.0. The maximum atomic E-state index is 10.3. The summed E-state index contributed by atoms with van der Waals surface area (Å²) in [7, 11) is 0. The largest absolute Gasteiger partial charge is 0.394 e. The van der Waals surface area contributed by atoms with E-state index in [0.717, 1.165) is 12.8 Å². The third-order valence-corrected chi connectivity index (χ3v) is 5.46. The van der Waals surface area contributed by atoms with Gasteiger partial charge in [-0.3, -0.25) is 4.57 Å². The van der Waals surface area contributed by atoms with Gasteiger partial charge >= 0.3 is 0 Å². The Morgan fingerprint density at radius 1 is 1.24 bits per heavy atom. The average molecular weight is 414 g/mol. The Balaban J connectivity index is 1.71. The van der Waals surface area contributed by atoms with Crippen LogP contribution in [0.2, 0.25) is 0 Å². The van der Waals surface area contributed by atoms with Gasteiger partial charge in [0.05, 0.1) is 6.61 Å². The van der Waals surface area contributed by atoms with Crippen molar-refractivity contribution < 1.29 is 20.1 Å². The van der Waals surface area contributed by atoms with Gasteiger partial charge in [-0.15, -0.1) is 0 Å². The highest BCUT2D eigenvalue weighted by atomic mass is 79.9. The Bertz CT molecular complexity index is 766. The van der Waals surface area contributed by atoms with Crippen LogP contribution in [0.25, 0.3) is 11.2 Å². The van der Waals surface area contributed by atoms with Crippen LogP contribution in [0, 0.1) is 0 Å². The Kier molecular flexibility index (Phi) is 4.63. The van der Waals surface area contributed by atoms with Gasteiger partial charge in [0.2, 0.25) is 0 Å². The summed E-state index contributed by atoms with van der Waals surface area (Å²) in [4.78, 5) is 13.0. The number of imidazole rings is 1. The summed E-state index contributed by atoms with van der Waals surface area (Å²) in [6.07, 6.45) is 1.89. The number of fused-ring (bicyclic) bond motifs is 1. The van der Waals surface area contributed by atoms with Crippen LogP contribution >= 0.6 is 15.9 Å². The van der Waals surface area contributed by atoms with Gasteiger partial charge < -0.3 is 25.4 Å². The Labute approximate surface area is 152 Å². The van der Waals surface area contributed by atoms with Crippen LogP contribution in [0.15, 0.2) is 11.1 Å². The van der Waals surface area contributed by atoms with E-state index in [9.17, 15) is 15.3 Å². The quantitative estimate of drug-likeness (QED) is 0.535. The molecule has 4 atom stereocenters. The van der Waals surface area contributed by atoms with E-state index in [1.807, 2.05) is 0 Å². The Morgan fingerprint density at radius 2 is 2.00 bits per heavy atom. The molecule has 0 bridgehead atoms. The number of ether oxygens (including phenoxy) is 1. The molecule has 136 valence electrons. The Hall–Kier alpha value is -1.33. The molecule has 2 aromatic heterocycles. The molecule has 2 aromatic rings. The molecule has 1 saturated heterocycles. The van der Waals surface area contributed by atoms with E-state index in [2.05, 4.69) is 36.2 Å². The van der Waals surface area contributed by atoms with Crippen molar-refractivity contribution in [2.45, 2.75) is 56.3 Å². The van der Waals surface area contributed by atoms with Crippen molar-refractivity contribution in [3.05, 3.63) is 11.1 Å². The molecular formula is C15H20BrN5O4. The van der Waals surface area contributed by atoms with Crippen LogP contribution < -0.4 is 5.32 Å². The second kappa shape index (κ2) is 6.76. The van der Waals surface area contributed by atoms with Crippen LogP contribution in [-0.4, -0.2) is 65.8 Å². The molecule has 3 heterocycles. The lowest BCUT2D eigenvalue weighted by molar-refractivity contribution is -0.0521. The highest BCUT2D eigenvalue weighted by Gasteiger charge is 2.44. The van der Waals surface area contributed by atoms with Crippen molar-refractivity contribution in [2.24, 2.45) is 0 Å². The molecule has 2 aliphatic rings. The van der Waals surface area contributed by atoms with Gasteiger partial charge in [0.15, 0.2) is 27.9 Å². The van der Waals surface area contributed by atoms with Gasteiger partial charge in [0, 0.05) is 6.04 Å². The molecule has 0 unspecified atom stereocenters. The molecule has 4 rings (SSSR count). The zero-order valence-corrected chi connectivity index (χ0v) is 15.0. The number of nitrogens with zero attached hydrogens (tertiary/aromatic N) is 4. The van der Waals surface area contributed by atoms with Crippen molar-refractivity contribution in [2.75, 3.05) is 11.9 Å². The fraction of sp³-hybridized carbons (Fsp3) is 0.667. The van der Waals surface area contributed by atoms with Crippen LogP contribution in [0.1, 0.15) is 31.9 Å². The topological polar surface area (TPSA) is 126 Å². The predicted molar refractivity (Wildman–Crippen MR) is 91.9 cm³/mol. The van der Waals surface area contributed by atoms with Crippen molar-refractivity contribution in [1.82, 2.24) is 19.5 Å². The summed E-state index contributed by atoms with van der Waals surface area (Å²) >= 11 is 3.38. The lowest BCUT2D eigenvalue weighted by Gasteiger charge is -2.18. The predicted octanol–water partition coefficient (Wildman–Crippen LogP) is 0.555. The number of aliphatic hydroxyl groups excluding tert-OH is 3. The molecule has 1 saturated carbocycles. The summed E-state index contributed by atoms with van der Waals surface area (Å²) in [5.41, 5.74) is 1.05. The molecule has 4 N–H and O–H groups in total. The summed E-state index contributed by atoms with van der Waals surface area (Å²) in [5.74, 6) is 0.642. The van der Waals surface area contributed by atoms with Crippen molar-refractivity contribution in [1.29, 1.82) is 0 Å². The van der Waals surface area contributed by atoms with E-state index < -0.39 is 24.5 Å². The van der Waals surface area contributed by atoms with Crippen LogP contribution in [0.3, 0.4) is 0 Å². The third-order valence-electron chi connectivity index (χ3n) is 4.90. The fourth-order valence-corrected chi connectivity index (χ4v) is 4.12. The molecule has 25 heavy (non-hydrogen) atoms. The number of aromatic nitrogens is 4. The van der Waals surface area contributed by atoms with Gasteiger partial charge in [-0.05, 0) is 28.8 Å². The van der Waals surface area contributed by atoms with E-state index >= 15 is 0 Å². The molecule has 0 spiro atoms. The summed E-state index contributed by atoms with van der Waals surface area (Å²) in [6.45, 7) is -0.386. The molecule has 9 nitrogen and oxygen atoms in total. The van der Waals surface area contributed by atoms with Gasteiger partial charge in [-0.25, -0.2) is 15.0 Å². The normalized spacial score (nSPS) is 30.4. The SMILES string of the molecule is OC[C@H]1O[C@@H](n2c(Br)nc3c(NC4CCCC4)ncnc32)[C@H](O)[C@@H]1O. The first-order valence-corrected chi connectivity index (χ1v) is 9.17. The smallest absolute Gasteiger partial charge is 0.181 e. The molecule has 0 aromatic carbocycles. The average Bonchev–Trinajstić information content (AvgIpc) is 3.29. The van der Waals surface area contributed by atoms with Gasteiger partial charge in [-0.1, -0.05) is 12.8 Å². The van der Waals surface area contributed by atoms with Crippen LogP contribution in [0.5, 0.6) is 0 Å². The zero-order chi connectivity index (χ0) is 17.6. The number of halogens is 1. The summed E-state index contributed by atoms with van der Waals surface area (Å²) < 4.78 is 7.58.